The van der Waals surface area contributed by atoms with Crippen molar-refractivity contribution in [1.29, 1.82) is 0 Å². The summed E-state index contributed by atoms with van der Waals surface area (Å²) in [7, 11) is 0. The van der Waals surface area contributed by atoms with Gasteiger partial charge < -0.3 is 14.6 Å². The Kier molecular flexibility index (Phi) is 5.57. The second-order valence-electron chi connectivity index (χ2n) is 5.87. The van der Waals surface area contributed by atoms with Crippen LogP contribution in [0.5, 0.6) is 5.75 Å². The van der Waals surface area contributed by atoms with Crippen LogP contribution in [0.3, 0.4) is 0 Å². The zero-order valence-electron chi connectivity index (χ0n) is 14.7. The lowest BCUT2D eigenvalue weighted by Gasteiger charge is -2.09. The summed E-state index contributed by atoms with van der Waals surface area (Å²) in [6.07, 6.45) is 1.96. The zero-order chi connectivity index (χ0) is 18.4. The zero-order valence-corrected chi connectivity index (χ0v) is 14.7. The number of carbonyl (C=O) groups excluding carboxylic acids is 1. The van der Waals surface area contributed by atoms with E-state index in [0.29, 0.717) is 37.1 Å². The van der Waals surface area contributed by atoms with E-state index in [9.17, 15) is 4.79 Å². The van der Waals surface area contributed by atoms with Crippen LogP contribution >= 0.6 is 0 Å². The molecule has 0 fully saturated rings. The molecule has 0 bridgehead atoms. The van der Waals surface area contributed by atoms with Gasteiger partial charge in [0.25, 0.3) is 0 Å². The fourth-order valence-electron chi connectivity index (χ4n) is 2.45. The van der Waals surface area contributed by atoms with Crippen molar-refractivity contribution in [3.8, 4) is 17.4 Å². The Morgan fingerprint density at radius 3 is 2.81 bits per heavy atom. The van der Waals surface area contributed by atoms with Gasteiger partial charge in [-0.25, -0.2) is 4.98 Å². The molecule has 3 aromatic rings. The molecule has 0 spiro atoms. The van der Waals surface area contributed by atoms with Crippen molar-refractivity contribution in [3.05, 3.63) is 41.5 Å². The Morgan fingerprint density at radius 1 is 1.27 bits per heavy atom. The number of hydrogen-bond acceptors (Lipinski definition) is 7. The molecule has 9 nitrogen and oxygen atoms in total. The van der Waals surface area contributed by atoms with E-state index in [2.05, 4.69) is 36.7 Å². The Balaban J connectivity index is 1.37. The lowest BCUT2D eigenvalue weighted by Crippen LogP contribution is -2.28. The number of H-pyrrole nitrogens is 1. The molecule has 0 atom stereocenters. The van der Waals surface area contributed by atoms with Gasteiger partial charge in [-0.15, -0.1) is 0 Å². The Labute approximate surface area is 150 Å². The molecule has 0 saturated heterocycles. The smallest absolute Gasteiger partial charge is 0.239 e. The van der Waals surface area contributed by atoms with Gasteiger partial charge in [0.2, 0.25) is 17.6 Å². The minimum Gasteiger partial charge on any atom is -0.492 e. The van der Waals surface area contributed by atoms with E-state index in [0.717, 1.165) is 16.9 Å². The van der Waals surface area contributed by atoms with Gasteiger partial charge in [0.05, 0.1) is 6.54 Å². The van der Waals surface area contributed by atoms with Crippen LogP contribution in [0.4, 0.5) is 0 Å². The summed E-state index contributed by atoms with van der Waals surface area (Å²) in [6.45, 7) is 4.88. The summed E-state index contributed by atoms with van der Waals surface area (Å²) in [5.74, 6) is 1.82. The molecule has 2 aromatic heterocycles. The maximum absolute atomic E-state index is 11.9. The summed E-state index contributed by atoms with van der Waals surface area (Å²) in [5, 5.41) is 13.0. The van der Waals surface area contributed by atoms with E-state index in [1.807, 2.05) is 26.0 Å². The molecule has 0 aliphatic rings. The van der Waals surface area contributed by atoms with E-state index in [1.165, 1.54) is 6.33 Å². The normalized spacial score (nSPS) is 10.7. The van der Waals surface area contributed by atoms with Crippen LogP contribution in [-0.2, 0) is 11.2 Å². The molecular formula is C17H20N6O3. The number of aryl methyl sites for hydroxylation is 3. The molecule has 0 unspecified atom stereocenters. The first kappa shape index (κ1) is 17.6. The van der Waals surface area contributed by atoms with Gasteiger partial charge in [-0.2, -0.15) is 10.1 Å². The van der Waals surface area contributed by atoms with Crippen LogP contribution in [0.15, 0.2) is 29.0 Å². The Bertz CT molecular complexity index is 839. The largest absolute Gasteiger partial charge is 0.492 e. The van der Waals surface area contributed by atoms with Gasteiger partial charge in [0.15, 0.2) is 5.82 Å². The maximum Gasteiger partial charge on any atom is 0.239 e. The van der Waals surface area contributed by atoms with Crippen molar-refractivity contribution in [2.45, 2.75) is 26.7 Å². The van der Waals surface area contributed by atoms with E-state index < -0.39 is 0 Å². The molecule has 0 radical (unpaired) electrons. The highest BCUT2D eigenvalue weighted by Gasteiger charge is 2.12. The van der Waals surface area contributed by atoms with Crippen molar-refractivity contribution in [2.24, 2.45) is 0 Å². The third-order valence-electron chi connectivity index (χ3n) is 3.55. The molecule has 136 valence electrons. The van der Waals surface area contributed by atoms with E-state index in [1.54, 1.807) is 0 Å². The average Bonchev–Trinajstić information content (AvgIpc) is 3.27. The topological polar surface area (TPSA) is 119 Å². The van der Waals surface area contributed by atoms with Gasteiger partial charge in [-0.3, -0.25) is 9.89 Å². The third kappa shape index (κ3) is 4.88. The average molecular weight is 356 g/mol. The van der Waals surface area contributed by atoms with Crippen molar-refractivity contribution in [2.75, 3.05) is 13.2 Å². The summed E-state index contributed by atoms with van der Waals surface area (Å²) < 4.78 is 10.7. The van der Waals surface area contributed by atoms with Crippen molar-refractivity contribution >= 4 is 5.91 Å². The first-order chi connectivity index (χ1) is 12.6. The second kappa shape index (κ2) is 8.24. The molecule has 26 heavy (non-hydrogen) atoms. The van der Waals surface area contributed by atoms with Gasteiger partial charge in [0, 0.05) is 12.8 Å². The minimum atomic E-state index is -0.103. The number of rotatable bonds is 8. The summed E-state index contributed by atoms with van der Waals surface area (Å²) in [5.41, 5.74) is 2.29. The number of amides is 1. The molecule has 2 N–H and O–H groups in total. The monoisotopic (exact) mass is 356 g/mol. The van der Waals surface area contributed by atoms with Gasteiger partial charge in [-0.05, 0) is 37.1 Å². The summed E-state index contributed by atoms with van der Waals surface area (Å²) >= 11 is 0. The molecule has 9 heteroatoms. The number of aromatic amines is 1. The van der Waals surface area contributed by atoms with Crippen molar-refractivity contribution in [3.63, 3.8) is 0 Å². The highest BCUT2D eigenvalue weighted by Crippen LogP contribution is 2.15. The van der Waals surface area contributed by atoms with Crippen molar-refractivity contribution < 1.29 is 14.1 Å². The second-order valence-corrected chi connectivity index (χ2v) is 5.87. The molecule has 1 aromatic carbocycles. The number of carbonyl (C=O) groups is 1. The summed E-state index contributed by atoms with van der Waals surface area (Å²) in [6, 6.07) is 6.02. The Hall–Kier alpha value is -3.23. The summed E-state index contributed by atoms with van der Waals surface area (Å²) in [4.78, 5) is 20.0. The first-order valence-electron chi connectivity index (χ1n) is 8.26. The van der Waals surface area contributed by atoms with Crippen LogP contribution < -0.4 is 10.1 Å². The quantitative estimate of drug-likeness (QED) is 0.588. The van der Waals surface area contributed by atoms with Gasteiger partial charge >= 0.3 is 0 Å². The standard InChI is InChI=1S/C17H20N6O3/c1-11-7-12(2)9-13(8-11)25-6-5-18-14(24)3-4-15-21-17(23-26-15)16-19-10-20-22-16/h7-10H,3-6H2,1-2H3,(H,18,24)(H,19,20,22). The molecule has 0 aliphatic heterocycles. The minimum absolute atomic E-state index is 0.103. The van der Waals surface area contributed by atoms with Crippen molar-refractivity contribution in [1.82, 2.24) is 30.6 Å². The predicted molar refractivity (Wildman–Crippen MR) is 92.4 cm³/mol. The van der Waals surface area contributed by atoms with Crippen LogP contribution in [-0.4, -0.2) is 44.4 Å². The number of hydrogen-bond donors (Lipinski definition) is 2. The predicted octanol–water partition coefficient (Wildman–Crippen LogP) is 1.60. The van der Waals surface area contributed by atoms with E-state index >= 15 is 0 Å². The third-order valence-corrected chi connectivity index (χ3v) is 3.55. The van der Waals surface area contributed by atoms with Gasteiger partial charge in [-0.1, -0.05) is 11.2 Å². The van der Waals surface area contributed by atoms with E-state index in [-0.39, 0.29) is 12.3 Å². The maximum atomic E-state index is 11.9. The highest BCUT2D eigenvalue weighted by atomic mass is 16.5. The van der Waals surface area contributed by atoms with Gasteiger partial charge in [0.1, 0.15) is 18.7 Å². The highest BCUT2D eigenvalue weighted by molar-refractivity contribution is 5.76. The SMILES string of the molecule is Cc1cc(C)cc(OCCNC(=O)CCc2nc(-c3ncn[nH]3)no2)c1. The van der Waals surface area contributed by atoms with Crippen LogP contribution in [0, 0.1) is 13.8 Å². The first-order valence-corrected chi connectivity index (χ1v) is 8.26. The molecule has 3 rings (SSSR count). The van der Waals surface area contributed by atoms with E-state index in [4.69, 9.17) is 9.26 Å². The fraction of sp³-hybridized carbons (Fsp3) is 0.353. The number of benzene rings is 1. The number of nitrogens with one attached hydrogen (secondary N) is 2. The number of nitrogens with zero attached hydrogens (tertiary/aromatic N) is 4. The molecule has 0 aliphatic carbocycles. The molecular weight excluding hydrogens is 336 g/mol. The fourth-order valence-corrected chi connectivity index (χ4v) is 2.45. The molecule has 0 saturated carbocycles. The molecule has 2 heterocycles. The Morgan fingerprint density at radius 2 is 2.08 bits per heavy atom. The molecule has 1 amide bonds. The number of aromatic nitrogens is 5. The van der Waals surface area contributed by atoms with Crippen LogP contribution in [0.2, 0.25) is 0 Å². The lowest BCUT2D eigenvalue weighted by atomic mass is 10.1. The van der Waals surface area contributed by atoms with Crippen LogP contribution in [0.1, 0.15) is 23.4 Å². The number of ether oxygens (including phenoxy) is 1. The lowest BCUT2D eigenvalue weighted by molar-refractivity contribution is -0.121. The van der Waals surface area contributed by atoms with Crippen LogP contribution in [0.25, 0.3) is 11.6 Å².